The standard InChI is InChI=1S/C16H27N5O.ClH/c22-16(18-9-3-6-13-4-1-2-5-13)15-12-21(20-19-15)14-7-10-17-11-8-14;/h12-14,17H,1-11H2,(H,18,22);1H. The Bertz CT molecular complexity index is 481. The van der Waals surface area contributed by atoms with Crippen molar-refractivity contribution in [1.29, 1.82) is 0 Å². The van der Waals surface area contributed by atoms with E-state index in [4.69, 9.17) is 0 Å². The smallest absolute Gasteiger partial charge is 0.273 e. The maximum Gasteiger partial charge on any atom is 0.273 e. The summed E-state index contributed by atoms with van der Waals surface area (Å²) in [5.74, 6) is 0.796. The van der Waals surface area contributed by atoms with Crippen LogP contribution in [0.25, 0.3) is 0 Å². The molecule has 1 aliphatic carbocycles. The molecule has 0 bridgehead atoms. The molecule has 2 fully saturated rings. The van der Waals surface area contributed by atoms with Gasteiger partial charge >= 0.3 is 0 Å². The summed E-state index contributed by atoms with van der Waals surface area (Å²) < 4.78 is 1.86. The number of amides is 1. The first-order valence-corrected chi connectivity index (χ1v) is 8.73. The Labute approximate surface area is 144 Å². The fraction of sp³-hybridized carbons (Fsp3) is 0.812. The van der Waals surface area contributed by atoms with Crippen molar-refractivity contribution in [2.45, 2.75) is 57.4 Å². The van der Waals surface area contributed by atoms with Gasteiger partial charge < -0.3 is 10.6 Å². The molecule has 0 atom stereocenters. The second kappa shape index (κ2) is 9.23. The minimum Gasteiger partial charge on any atom is -0.351 e. The van der Waals surface area contributed by atoms with Crippen LogP contribution in [0.3, 0.4) is 0 Å². The van der Waals surface area contributed by atoms with E-state index in [0.717, 1.165) is 44.8 Å². The molecular formula is C16H28ClN5O. The second-order valence-corrected chi connectivity index (χ2v) is 6.61. The number of carbonyl (C=O) groups excluding carboxylic acids is 1. The third-order valence-electron chi connectivity index (χ3n) is 4.98. The minimum absolute atomic E-state index is 0. The summed E-state index contributed by atoms with van der Waals surface area (Å²) in [5, 5.41) is 14.5. The van der Waals surface area contributed by atoms with E-state index in [9.17, 15) is 4.79 Å². The molecule has 2 aliphatic rings. The molecule has 3 rings (SSSR count). The normalized spacial score (nSPS) is 19.5. The summed E-state index contributed by atoms with van der Waals surface area (Å²) in [7, 11) is 0. The third kappa shape index (κ3) is 5.18. The summed E-state index contributed by atoms with van der Waals surface area (Å²) in [6.07, 6.45) is 11.7. The van der Waals surface area contributed by atoms with E-state index in [2.05, 4.69) is 20.9 Å². The largest absolute Gasteiger partial charge is 0.351 e. The van der Waals surface area contributed by atoms with Crippen LogP contribution in [0.2, 0.25) is 0 Å². The van der Waals surface area contributed by atoms with Crippen LogP contribution < -0.4 is 10.6 Å². The van der Waals surface area contributed by atoms with Gasteiger partial charge in [0.2, 0.25) is 0 Å². The lowest BCUT2D eigenvalue weighted by Gasteiger charge is -2.22. The quantitative estimate of drug-likeness (QED) is 0.779. The zero-order valence-electron chi connectivity index (χ0n) is 13.7. The molecule has 1 saturated heterocycles. The van der Waals surface area contributed by atoms with Crippen molar-refractivity contribution in [3.8, 4) is 0 Å². The molecule has 2 heterocycles. The molecule has 0 spiro atoms. The van der Waals surface area contributed by atoms with Gasteiger partial charge in [0.15, 0.2) is 5.69 Å². The fourth-order valence-electron chi connectivity index (χ4n) is 3.61. The average molecular weight is 342 g/mol. The molecule has 0 radical (unpaired) electrons. The molecule has 23 heavy (non-hydrogen) atoms. The number of aromatic nitrogens is 3. The van der Waals surface area contributed by atoms with Crippen molar-refractivity contribution in [3.63, 3.8) is 0 Å². The maximum absolute atomic E-state index is 12.1. The van der Waals surface area contributed by atoms with Crippen LogP contribution in [0, 0.1) is 5.92 Å². The van der Waals surface area contributed by atoms with Crippen LogP contribution in [0.15, 0.2) is 6.20 Å². The lowest BCUT2D eigenvalue weighted by molar-refractivity contribution is 0.0947. The second-order valence-electron chi connectivity index (χ2n) is 6.61. The molecule has 0 unspecified atom stereocenters. The Kier molecular flexibility index (Phi) is 7.30. The minimum atomic E-state index is -0.0911. The van der Waals surface area contributed by atoms with E-state index in [1.54, 1.807) is 6.20 Å². The number of rotatable bonds is 6. The Morgan fingerprint density at radius 1 is 1.26 bits per heavy atom. The highest BCUT2D eigenvalue weighted by atomic mass is 35.5. The number of nitrogens with one attached hydrogen (secondary N) is 2. The maximum atomic E-state index is 12.1. The van der Waals surface area contributed by atoms with Gasteiger partial charge in [-0.3, -0.25) is 4.79 Å². The Morgan fingerprint density at radius 3 is 2.74 bits per heavy atom. The third-order valence-corrected chi connectivity index (χ3v) is 4.98. The van der Waals surface area contributed by atoms with Crippen LogP contribution in [-0.4, -0.2) is 40.5 Å². The lowest BCUT2D eigenvalue weighted by atomic mass is 10.0. The molecule has 2 N–H and O–H groups in total. The summed E-state index contributed by atoms with van der Waals surface area (Å²) in [6, 6.07) is 0.373. The molecule has 1 aromatic heterocycles. The van der Waals surface area contributed by atoms with Crippen LogP contribution in [0.4, 0.5) is 0 Å². The highest BCUT2D eigenvalue weighted by Crippen LogP contribution is 2.28. The summed E-state index contributed by atoms with van der Waals surface area (Å²) in [6.45, 7) is 2.76. The molecule has 130 valence electrons. The molecule has 0 aromatic carbocycles. The molecular weight excluding hydrogens is 314 g/mol. The number of hydrogen-bond acceptors (Lipinski definition) is 4. The van der Waals surface area contributed by atoms with E-state index in [0.29, 0.717) is 11.7 Å². The van der Waals surface area contributed by atoms with Crippen molar-refractivity contribution < 1.29 is 4.79 Å². The Hall–Kier alpha value is -1.14. The van der Waals surface area contributed by atoms with Gasteiger partial charge in [-0.05, 0) is 44.7 Å². The first-order valence-electron chi connectivity index (χ1n) is 8.73. The van der Waals surface area contributed by atoms with Crippen molar-refractivity contribution in [3.05, 3.63) is 11.9 Å². The fourth-order valence-corrected chi connectivity index (χ4v) is 3.61. The van der Waals surface area contributed by atoms with Gasteiger partial charge in [-0.1, -0.05) is 30.9 Å². The van der Waals surface area contributed by atoms with Crippen LogP contribution in [0.1, 0.15) is 67.9 Å². The molecule has 1 aliphatic heterocycles. The predicted molar refractivity (Wildman–Crippen MR) is 91.9 cm³/mol. The highest BCUT2D eigenvalue weighted by molar-refractivity contribution is 5.91. The van der Waals surface area contributed by atoms with Gasteiger partial charge in [-0.25, -0.2) is 4.68 Å². The van der Waals surface area contributed by atoms with Crippen LogP contribution in [0.5, 0.6) is 0 Å². The Morgan fingerprint density at radius 2 is 2.00 bits per heavy atom. The number of carbonyl (C=O) groups is 1. The number of nitrogens with zero attached hydrogens (tertiary/aromatic N) is 3. The zero-order chi connectivity index (χ0) is 15.2. The van der Waals surface area contributed by atoms with Gasteiger partial charge in [-0.15, -0.1) is 17.5 Å². The van der Waals surface area contributed by atoms with Gasteiger partial charge in [0.05, 0.1) is 12.2 Å². The van der Waals surface area contributed by atoms with E-state index < -0.39 is 0 Å². The van der Waals surface area contributed by atoms with E-state index >= 15 is 0 Å². The first kappa shape index (κ1) is 18.2. The topological polar surface area (TPSA) is 71.8 Å². The number of hydrogen-bond donors (Lipinski definition) is 2. The van der Waals surface area contributed by atoms with Gasteiger partial charge in [-0.2, -0.15) is 0 Å². The van der Waals surface area contributed by atoms with Crippen LogP contribution >= 0.6 is 12.4 Å². The van der Waals surface area contributed by atoms with Gasteiger partial charge in [0, 0.05) is 6.54 Å². The molecule has 1 saturated carbocycles. The molecule has 6 nitrogen and oxygen atoms in total. The van der Waals surface area contributed by atoms with E-state index in [-0.39, 0.29) is 18.3 Å². The van der Waals surface area contributed by atoms with Crippen molar-refractivity contribution in [2.24, 2.45) is 5.92 Å². The van der Waals surface area contributed by atoms with Gasteiger partial charge in [0.25, 0.3) is 5.91 Å². The average Bonchev–Trinajstić information content (AvgIpc) is 3.24. The van der Waals surface area contributed by atoms with Crippen LogP contribution in [-0.2, 0) is 0 Å². The summed E-state index contributed by atoms with van der Waals surface area (Å²) in [4.78, 5) is 12.1. The first-order chi connectivity index (χ1) is 10.8. The molecule has 7 heteroatoms. The van der Waals surface area contributed by atoms with Gasteiger partial charge in [0.1, 0.15) is 0 Å². The highest BCUT2D eigenvalue weighted by Gasteiger charge is 2.19. The van der Waals surface area contributed by atoms with Crippen molar-refractivity contribution >= 4 is 18.3 Å². The zero-order valence-corrected chi connectivity index (χ0v) is 14.5. The molecule has 1 aromatic rings. The molecule has 1 amide bonds. The monoisotopic (exact) mass is 341 g/mol. The van der Waals surface area contributed by atoms with E-state index in [1.165, 1.54) is 32.1 Å². The predicted octanol–water partition coefficient (Wildman–Crippen LogP) is 2.32. The number of piperidine rings is 1. The van der Waals surface area contributed by atoms with E-state index in [1.807, 2.05) is 4.68 Å². The summed E-state index contributed by atoms with van der Waals surface area (Å²) in [5.41, 5.74) is 0.444. The van der Waals surface area contributed by atoms with Crippen molar-refractivity contribution in [2.75, 3.05) is 19.6 Å². The lowest BCUT2D eigenvalue weighted by Crippen LogP contribution is -2.29. The SMILES string of the molecule is Cl.O=C(NCCCC1CCCC1)c1cn(C2CCNCC2)nn1. The van der Waals surface area contributed by atoms with Crippen molar-refractivity contribution in [1.82, 2.24) is 25.6 Å². The Balaban J connectivity index is 0.00000192. The summed E-state index contributed by atoms with van der Waals surface area (Å²) >= 11 is 0. The number of halogens is 1.